The van der Waals surface area contributed by atoms with Crippen LogP contribution >= 0.6 is 0 Å². The molecule has 0 saturated heterocycles. The molecule has 3 aliphatic rings. The second kappa shape index (κ2) is 11.4. The van der Waals surface area contributed by atoms with E-state index in [1.54, 1.807) is 24.3 Å². The number of aromatic nitrogens is 2. The van der Waals surface area contributed by atoms with Gasteiger partial charge in [0.15, 0.2) is 11.5 Å². The van der Waals surface area contributed by atoms with Crippen LogP contribution < -0.4 is 14.2 Å². The summed E-state index contributed by atoms with van der Waals surface area (Å²) in [7, 11) is 1.49. The highest BCUT2D eigenvalue weighted by Gasteiger charge is 2.43. The van der Waals surface area contributed by atoms with Crippen molar-refractivity contribution in [3.05, 3.63) is 83.4 Å². The number of methoxy groups -OCH3 is 1. The minimum absolute atomic E-state index is 0.0157. The van der Waals surface area contributed by atoms with Crippen molar-refractivity contribution in [1.29, 1.82) is 0 Å². The van der Waals surface area contributed by atoms with Gasteiger partial charge in [0.05, 0.1) is 26.1 Å². The highest BCUT2D eigenvalue weighted by atomic mass is 16.5. The van der Waals surface area contributed by atoms with Crippen molar-refractivity contribution >= 4 is 0 Å². The average Bonchev–Trinajstić information content (AvgIpc) is 3.73. The first-order valence-corrected chi connectivity index (χ1v) is 15.4. The highest BCUT2D eigenvalue weighted by Crippen LogP contribution is 2.56. The van der Waals surface area contributed by atoms with E-state index in [1.165, 1.54) is 7.11 Å². The monoisotopic (exact) mass is 598 g/mol. The Hall–Kier alpha value is -4.21. The Labute approximate surface area is 256 Å². The Bertz CT molecular complexity index is 1660. The van der Waals surface area contributed by atoms with Crippen LogP contribution in [-0.4, -0.2) is 56.4 Å². The Balaban J connectivity index is 1.39. The van der Waals surface area contributed by atoms with E-state index in [-0.39, 0.29) is 36.2 Å². The van der Waals surface area contributed by atoms with Crippen molar-refractivity contribution in [2.45, 2.75) is 68.6 Å². The standard InChI is InChI=1S/C35H38N2O7/c1-42-30-16-21(4-7-27(30)40)34-28(41)17-26-29(44-34)18-31(43-13-12-38)33-25-6-5-24(39)15-22(25)14-23(32(26)33)19-35(8-2-3-9-35)37-11-10-36-20-37/h4-7,10-11,15-16,18,20,23,28,34,38-41H,2-3,8-9,12-14,17,19H2,1H3/t23-,28+,34+/m0/s1. The van der Waals surface area contributed by atoms with Crippen LogP contribution in [0.15, 0.2) is 61.2 Å². The molecule has 1 aromatic heterocycles. The number of hydrogen-bond acceptors (Lipinski definition) is 8. The lowest BCUT2D eigenvalue weighted by molar-refractivity contribution is 0.0199. The zero-order chi connectivity index (χ0) is 30.4. The number of fused-ring (bicyclic) bond motifs is 5. The van der Waals surface area contributed by atoms with E-state index >= 15 is 0 Å². The smallest absolute Gasteiger partial charge is 0.160 e. The molecule has 0 bridgehead atoms. The molecule has 1 saturated carbocycles. The maximum atomic E-state index is 11.6. The number of aliphatic hydroxyl groups is 2. The van der Waals surface area contributed by atoms with Gasteiger partial charge in [0, 0.05) is 41.5 Å². The molecular formula is C35H38N2O7. The summed E-state index contributed by atoms with van der Waals surface area (Å²) in [5.41, 5.74) is 5.60. The number of phenols is 2. The van der Waals surface area contributed by atoms with Crippen molar-refractivity contribution in [3.63, 3.8) is 0 Å². The van der Waals surface area contributed by atoms with Crippen molar-refractivity contribution in [2.75, 3.05) is 20.3 Å². The molecule has 230 valence electrons. The molecule has 9 heteroatoms. The number of aromatic hydroxyl groups is 2. The predicted octanol–water partition coefficient (Wildman–Crippen LogP) is 5.38. The predicted molar refractivity (Wildman–Crippen MR) is 164 cm³/mol. The van der Waals surface area contributed by atoms with Gasteiger partial charge in [0.1, 0.15) is 30.0 Å². The quantitative estimate of drug-likeness (QED) is 0.213. The van der Waals surface area contributed by atoms with Crippen LogP contribution in [0.3, 0.4) is 0 Å². The van der Waals surface area contributed by atoms with Crippen molar-refractivity contribution < 1.29 is 34.6 Å². The molecule has 9 nitrogen and oxygen atoms in total. The SMILES string of the molecule is COc1cc([C@H]2Oc3cc(OCCO)c4c(c3C[C@H]2O)[C@H](CC2(n3ccnc3)CCCC2)Cc2cc(O)ccc2-4)ccc1O. The zero-order valence-electron chi connectivity index (χ0n) is 24.8. The summed E-state index contributed by atoms with van der Waals surface area (Å²) in [6.07, 6.45) is 10.6. The van der Waals surface area contributed by atoms with Crippen LogP contribution in [0.25, 0.3) is 11.1 Å². The maximum absolute atomic E-state index is 11.6. The van der Waals surface area contributed by atoms with E-state index in [2.05, 4.69) is 15.7 Å². The van der Waals surface area contributed by atoms with Gasteiger partial charge in [0.25, 0.3) is 0 Å². The van der Waals surface area contributed by atoms with Crippen LogP contribution in [0.5, 0.6) is 28.7 Å². The van der Waals surface area contributed by atoms with E-state index in [1.807, 2.05) is 30.7 Å². The lowest BCUT2D eigenvalue weighted by Gasteiger charge is -2.41. The van der Waals surface area contributed by atoms with Gasteiger partial charge in [-0.25, -0.2) is 4.98 Å². The van der Waals surface area contributed by atoms with Gasteiger partial charge >= 0.3 is 0 Å². The van der Waals surface area contributed by atoms with Crippen molar-refractivity contribution in [1.82, 2.24) is 9.55 Å². The molecule has 4 aromatic rings. The topological polar surface area (TPSA) is 126 Å². The molecule has 1 aliphatic heterocycles. The number of rotatable bonds is 8. The zero-order valence-corrected chi connectivity index (χ0v) is 24.8. The van der Waals surface area contributed by atoms with Gasteiger partial charge in [-0.1, -0.05) is 25.0 Å². The van der Waals surface area contributed by atoms with E-state index in [0.29, 0.717) is 29.2 Å². The van der Waals surface area contributed by atoms with Gasteiger partial charge in [-0.2, -0.15) is 0 Å². The Morgan fingerprint density at radius 2 is 1.89 bits per heavy atom. The summed E-state index contributed by atoms with van der Waals surface area (Å²) in [6.45, 7) is -0.0273. The van der Waals surface area contributed by atoms with Crippen LogP contribution in [0.1, 0.15) is 66.4 Å². The molecule has 0 amide bonds. The van der Waals surface area contributed by atoms with Gasteiger partial charge in [-0.15, -0.1) is 0 Å². The van der Waals surface area contributed by atoms with Gasteiger partial charge < -0.3 is 39.2 Å². The summed E-state index contributed by atoms with van der Waals surface area (Å²) in [5.74, 6) is 1.83. The van der Waals surface area contributed by atoms with E-state index in [9.17, 15) is 20.4 Å². The Kier molecular flexibility index (Phi) is 7.38. The number of nitrogens with zero attached hydrogens (tertiary/aromatic N) is 2. The third-order valence-electron chi connectivity index (χ3n) is 9.74. The molecule has 2 aliphatic carbocycles. The number of hydrogen-bond donors (Lipinski definition) is 4. The lowest BCUT2D eigenvalue weighted by atomic mass is 9.70. The van der Waals surface area contributed by atoms with Crippen molar-refractivity contribution in [2.24, 2.45) is 0 Å². The van der Waals surface area contributed by atoms with Crippen LogP contribution in [0.2, 0.25) is 0 Å². The Morgan fingerprint density at radius 1 is 1.05 bits per heavy atom. The molecule has 4 N–H and O–H groups in total. The van der Waals surface area contributed by atoms with Gasteiger partial charge in [0.2, 0.25) is 0 Å². The summed E-state index contributed by atoms with van der Waals surface area (Å²) in [5, 5.41) is 41.9. The summed E-state index contributed by atoms with van der Waals surface area (Å²) >= 11 is 0. The Morgan fingerprint density at radius 3 is 2.64 bits per heavy atom. The van der Waals surface area contributed by atoms with E-state index in [0.717, 1.165) is 66.3 Å². The average molecular weight is 599 g/mol. The fourth-order valence-electron chi connectivity index (χ4n) is 7.83. The summed E-state index contributed by atoms with van der Waals surface area (Å²) in [6, 6.07) is 12.3. The first kappa shape index (κ1) is 28.6. The number of phenolic OH excluding ortho intramolecular Hbond substituents is 2. The molecule has 2 heterocycles. The third-order valence-corrected chi connectivity index (χ3v) is 9.74. The van der Waals surface area contributed by atoms with Crippen LogP contribution in [-0.2, 0) is 18.4 Å². The molecule has 0 unspecified atom stereocenters. The van der Waals surface area contributed by atoms with Gasteiger partial charge in [-0.3, -0.25) is 0 Å². The minimum atomic E-state index is -0.846. The van der Waals surface area contributed by atoms with Crippen LogP contribution in [0, 0.1) is 0 Å². The molecule has 3 aromatic carbocycles. The second-order valence-corrected chi connectivity index (χ2v) is 12.3. The third kappa shape index (κ3) is 4.84. The maximum Gasteiger partial charge on any atom is 0.160 e. The fourth-order valence-corrected chi connectivity index (χ4v) is 7.83. The normalized spacial score (nSPS) is 21.6. The summed E-state index contributed by atoms with van der Waals surface area (Å²) < 4.78 is 20.4. The first-order valence-electron chi connectivity index (χ1n) is 15.4. The molecule has 3 atom stereocenters. The van der Waals surface area contributed by atoms with E-state index < -0.39 is 12.2 Å². The number of ether oxygens (including phenoxy) is 3. The molecule has 0 spiro atoms. The first-order chi connectivity index (χ1) is 21.4. The molecule has 1 fully saturated rings. The minimum Gasteiger partial charge on any atom is -0.508 e. The molecular weight excluding hydrogens is 560 g/mol. The number of aliphatic hydroxyl groups excluding tert-OH is 2. The van der Waals surface area contributed by atoms with Crippen LogP contribution in [0.4, 0.5) is 0 Å². The second-order valence-electron chi connectivity index (χ2n) is 12.3. The van der Waals surface area contributed by atoms with Crippen molar-refractivity contribution in [3.8, 4) is 39.9 Å². The lowest BCUT2D eigenvalue weighted by Crippen LogP contribution is -2.35. The molecule has 44 heavy (non-hydrogen) atoms. The number of imidazole rings is 1. The highest BCUT2D eigenvalue weighted by molar-refractivity contribution is 5.83. The summed E-state index contributed by atoms with van der Waals surface area (Å²) in [4.78, 5) is 4.39. The van der Waals surface area contributed by atoms with Gasteiger partial charge in [-0.05, 0) is 78.1 Å². The molecule has 0 radical (unpaired) electrons. The fraction of sp³-hybridized carbons (Fsp3) is 0.400. The molecule has 7 rings (SSSR count). The number of benzene rings is 3. The van der Waals surface area contributed by atoms with E-state index in [4.69, 9.17) is 14.2 Å². The largest absolute Gasteiger partial charge is 0.508 e.